The first-order valence-electron chi connectivity index (χ1n) is 9.00. The Morgan fingerprint density at radius 2 is 1.89 bits per heavy atom. The Hall–Kier alpha value is -2.60. The molecule has 2 aromatic carbocycles. The van der Waals surface area contributed by atoms with Gasteiger partial charge in [0.25, 0.3) is 5.91 Å². The van der Waals surface area contributed by atoms with Crippen LogP contribution in [0, 0.1) is 5.82 Å². The maximum atomic E-state index is 13.7. The van der Waals surface area contributed by atoms with Crippen molar-refractivity contribution in [3.05, 3.63) is 59.4 Å². The van der Waals surface area contributed by atoms with Crippen LogP contribution in [-0.2, 0) is 17.9 Å². The van der Waals surface area contributed by atoms with Crippen LogP contribution in [0.25, 0.3) is 0 Å². The number of nitrogens with one attached hydrogen (secondary N) is 1. The van der Waals surface area contributed by atoms with Gasteiger partial charge in [-0.2, -0.15) is 0 Å². The third-order valence-corrected chi connectivity index (χ3v) is 4.00. The molecule has 0 fully saturated rings. The third kappa shape index (κ3) is 5.96. The van der Waals surface area contributed by atoms with Crippen molar-refractivity contribution < 1.29 is 18.7 Å². The molecule has 2 aromatic rings. The minimum absolute atomic E-state index is 0.118. The summed E-state index contributed by atoms with van der Waals surface area (Å²) in [4.78, 5) is 13.5. The molecule has 1 amide bonds. The van der Waals surface area contributed by atoms with Crippen molar-refractivity contribution in [3.63, 3.8) is 0 Å². The zero-order valence-corrected chi connectivity index (χ0v) is 16.3. The number of rotatable bonds is 9. The summed E-state index contributed by atoms with van der Waals surface area (Å²) >= 11 is 0. The monoisotopic (exact) mass is 374 g/mol. The molecule has 27 heavy (non-hydrogen) atoms. The highest BCUT2D eigenvalue weighted by molar-refractivity contribution is 5.80. The fourth-order valence-electron chi connectivity index (χ4n) is 2.62. The molecule has 0 heterocycles. The molecule has 2 rings (SSSR count). The summed E-state index contributed by atoms with van der Waals surface area (Å²) in [6.07, 6.45) is -0.607. The summed E-state index contributed by atoms with van der Waals surface area (Å²) in [6.45, 7) is 5.08. The van der Waals surface area contributed by atoms with Crippen LogP contribution in [-0.4, -0.2) is 37.6 Å². The summed E-state index contributed by atoms with van der Waals surface area (Å²) < 4.78 is 25.1. The maximum Gasteiger partial charge on any atom is 0.262 e. The van der Waals surface area contributed by atoms with E-state index in [1.54, 1.807) is 39.2 Å². The van der Waals surface area contributed by atoms with E-state index < -0.39 is 6.10 Å². The van der Waals surface area contributed by atoms with Crippen molar-refractivity contribution in [2.24, 2.45) is 0 Å². The van der Waals surface area contributed by atoms with Crippen molar-refractivity contribution >= 4 is 5.91 Å². The molecule has 0 saturated heterocycles. The van der Waals surface area contributed by atoms with E-state index in [2.05, 4.69) is 5.32 Å². The molecule has 1 unspecified atom stereocenters. The number of halogens is 1. The van der Waals surface area contributed by atoms with Gasteiger partial charge in [0.15, 0.2) is 17.6 Å². The molecule has 0 aliphatic rings. The Morgan fingerprint density at radius 1 is 1.15 bits per heavy atom. The molecular weight excluding hydrogens is 347 g/mol. The first kappa shape index (κ1) is 20.7. The third-order valence-electron chi connectivity index (χ3n) is 4.00. The van der Waals surface area contributed by atoms with Crippen molar-refractivity contribution in [3.8, 4) is 11.5 Å². The van der Waals surface area contributed by atoms with Crippen LogP contribution >= 0.6 is 0 Å². The lowest BCUT2D eigenvalue weighted by Gasteiger charge is -2.20. The fraction of sp³-hybridized carbons (Fsp3) is 0.381. The molecule has 1 atom stereocenters. The van der Waals surface area contributed by atoms with Gasteiger partial charge in [0, 0.05) is 32.7 Å². The topological polar surface area (TPSA) is 50.8 Å². The predicted octanol–water partition coefficient (Wildman–Crippen LogP) is 3.37. The molecule has 5 nitrogen and oxygen atoms in total. The van der Waals surface area contributed by atoms with Gasteiger partial charge in [-0.1, -0.05) is 24.3 Å². The Balaban J connectivity index is 2.03. The van der Waals surface area contributed by atoms with Crippen LogP contribution in [0.1, 0.15) is 25.0 Å². The summed E-state index contributed by atoms with van der Waals surface area (Å²) in [7, 11) is 3.38. The predicted molar refractivity (Wildman–Crippen MR) is 103 cm³/mol. The molecule has 6 heteroatoms. The number of hydrogen-bond donors (Lipinski definition) is 1. The minimum atomic E-state index is -0.607. The summed E-state index contributed by atoms with van der Waals surface area (Å²) in [5, 5.41) is 3.22. The van der Waals surface area contributed by atoms with Crippen molar-refractivity contribution in [2.45, 2.75) is 33.0 Å². The fourth-order valence-corrected chi connectivity index (χ4v) is 2.62. The number of hydrogen-bond acceptors (Lipinski definition) is 4. The summed E-state index contributed by atoms with van der Waals surface area (Å²) in [5.41, 5.74) is 1.60. The van der Waals surface area contributed by atoms with Gasteiger partial charge in [0.2, 0.25) is 0 Å². The number of benzene rings is 2. The normalized spacial score (nSPS) is 11.7. The first-order valence-corrected chi connectivity index (χ1v) is 9.00. The van der Waals surface area contributed by atoms with Crippen LogP contribution in [0.5, 0.6) is 11.5 Å². The molecule has 0 spiro atoms. The average molecular weight is 374 g/mol. The Bertz CT molecular complexity index is 765. The number of amides is 1. The average Bonchev–Trinajstić information content (AvgIpc) is 2.64. The second-order valence-electron chi connectivity index (χ2n) is 6.40. The maximum absolute atomic E-state index is 13.7. The van der Waals surface area contributed by atoms with Gasteiger partial charge in [-0.05, 0) is 37.6 Å². The van der Waals surface area contributed by atoms with Crippen LogP contribution in [0.15, 0.2) is 42.5 Å². The van der Waals surface area contributed by atoms with Gasteiger partial charge in [0.1, 0.15) is 5.82 Å². The molecule has 0 aromatic heterocycles. The number of likely N-dealkylation sites (N-methyl/N-ethyl adjacent to an activating group) is 1. The number of carbonyl (C=O) groups excluding carboxylic acids is 1. The summed E-state index contributed by atoms with van der Waals surface area (Å²) in [6, 6.07) is 12.3. The molecule has 0 radical (unpaired) electrons. The number of nitrogens with zero attached hydrogens (tertiary/aromatic N) is 1. The van der Waals surface area contributed by atoms with Gasteiger partial charge in [-0.25, -0.2) is 4.39 Å². The zero-order chi connectivity index (χ0) is 19.8. The minimum Gasteiger partial charge on any atom is -0.490 e. The highest BCUT2D eigenvalue weighted by Crippen LogP contribution is 2.29. The van der Waals surface area contributed by atoms with Gasteiger partial charge < -0.3 is 19.7 Å². The van der Waals surface area contributed by atoms with Crippen molar-refractivity contribution in [2.75, 3.05) is 20.7 Å². The zero-order valence-electron chi connectivity index (χ0n) is 16.3. The molecule has 146 valence electrons. The molecule has 0 aliphatic carbocycles. The summed E-state index contributed by atoms with van der Waals surface area (Å²) in [5.74, 6) is 0.773. The smallest absolute Gasteiger partial charge is 0.262 e. The highest BCUT2D eigenvalue weighted by atomic mass is 19.1. The van der Waals surface area contributed by atoms with Crippen molar-refractivity contribution in [1.82, 2.24) is 10.2 Å². The van der Waals surface area contributed by atoms with E-state index in [1.807, 2.05) is 25.1 Å². The van der Waals surface area contributed by atoms with E-state index in [0.717, 1.165) is 5.56 Å². The second-order valence-corrected chi connectivity index (χ2v) is 6.40. The second kappa shape index (κ2) is 9.92. The first-order chi connectivity index (χ1) is 12.9. The number of ether oxygens (including phenoxy) is 2. The lowest BCUT2D eigenvalue weighted by atomic mass is 10.1. The van der Waals surface area contributed by atoms with E-state index >= 15 is 0 Å². The van der Waals surface area contributed by atoms with Crippen molar-refractivity contribution in [1.29, 1.82) is 0 Å². The standard InChI is InChI=1S/C21H27FN2O3/c1-5-26-20-12-16(13-23-14-17-8-6-7-9-18(17)22)10-11-19(20)27-15(2)21(25)24(3)4/h6-12,15,23H,5,13-14H2,1-4H3. The lowest BCUT2D eigenvalue weighted by Crippen LogP contribution is -2.35. The van der Waals surface area contributed by atoms with Crippen LogP contribution in [0.4, 0.5) is 4.39 Å². The Labute approximate surface area is 160 Å². The van der Waals surface area contributed by atoms with Gasteiger partial charge in [0.05, 0.1) is 6.61 Å². The largest absolute Gasteiger partial charge is 0.490 e. The molecular formula is C21H27FN2O3. The lowest BCUT2D eigenvalue weighted by molar-refractivity contribution is -0.135. The highest BCUT2D eigenvalue weighted by Gasteiger charge is 2.18. The van der Waals surface area contributed by atoms with Crippen LogP contribution < -0.4 is 14.8 Å². The van der Waals surface area contributed by atoms with E-state index in [0.29, 0.717) is 36.8 Å². The number of carbonyl (C=O) groups is 1. The molecule has 0 saturated carbocycles. The van der Waals surface area contributed by atoms with Crippen LogP contribution in [0.2, 0.25) is 0 Å². The van der Waals surface area contributed by atoms with E-state index in [-0.39, 0.29) is 11.7 Å². The molecule has 1 N–H and O–H groups in total. The SMILES string of the molecule is CCOc1cc(CNCc2ccccc2F)ccc1OC(C)C(=O)N(C)C. The van der Waals surface area contributed by atoms with E-state index in [1.165, 1.54) is 11.0 Å². The van der Waals surface area contributed by atoms with Gasteiger partial charge >= 0.3 is 0 Å². The Kier molecular flexibility index (Phi) is 7.61. The molecule has 0 aliphatic heterocycles. The van der Waals surface area contributed by atoms with E-state index in [4.69, 9.17) is 9.47 Å². The van der Waals surface area contributed by atoms with Crippen LogP contribution in [0.3, 0.4) is 0 Å². The van der Waals surface area contributed by atoms with Gasteiger partial charge in [-0.3, -0.25) is 4.79 Å². The molecule has 0 bridgehead atoms. The van der Waals surface area contributed by atoms with Gasteiger partial charge in [-0.15, -0.1) is 0 Å². The van der Waals surface area contributed by atoms with E-state index in [9.17, 15) is 9.18 Å². The Morgan fingerprint density at radius 3 is 2.56 bits per heavy atom. The quantitative estimate of drug-likeness (QED) is 0.731.